The van der Waals surface area contributed by atoms with E-state index in [4.69, 9.17) is 23.7 Å². The molecule has 37 heavy (non-hydrogen) atoms. The highest BCUT2D eigenvalue weighted by atomic mass is 32.1. The van der Waals surface area contributed by atoms with E-state index in [-0.39, 0.29) is 17.7 Å². The first-order chi connectivity index (χ1) is 17.9. The third-order valence-electron chi connectivity index (χ3n) is 5.97. The van der Waals surface area contributed by atoms with Crippen molar-refractivity contribution in [1.29, 1.82) is 0 Å². The Hall–Kier alpha value is -4.05. The van der Waals surface area contributed by atoms with Crippen LogP contribution in [0.15, 0.2) is 57.5 Å². The largest absolute Gasteiger partial charge is 0.497 e. The summed E-state index contributed by atoms with van der Waals surface area (Å²) in [6.45, 7) is 3.64. The van der Waals surface area contributed by atoms with E-state index in [9.17, 15) is 9.59 Å². The summed E-state index contributed by atoms with van der Waals surface area (Å²) >= 11 is 1.22. The number of ether oxygens (including phenoxy) is 5. The van der Waals surface area contributed by atoms with Crippen molar-refractivity contribution in [2.75, 3.05) is 35.0 Å². The summed E-state index contributed by atoms with van der Waals surface area (Å²) in [7, 11) is 6.17. The maximum Gasteiger partial charge on any atom is 0.338 e. The summed E-state index contributed by atoms with van der Waals surface area (Å²) < 4.78 is 29.3. The minimum Gasteiger partial charge on any atom is -0.497 e. The van der Waals surface area contributed by atoms with E-state index in [1.165, 1.54) is 23.0 Å². The lowest BCUT2D eigenvalue weighted by atomic mass is 9.94. The van der Waals surface area contributed by atoms with Crippen LogP contribution < -0.4 is 33.8 Å². The topological polar surface area (TPSA) is 97.6 Å². The van der Waals surface area contributed by atoms with Crippen LogP contribution >= 0.6 is 11.3 Å². The quantitative estimate of drug-likeness (QED) is 0.418. The fourth-order valence-electron chi connectivity index (χ4n) is 4.31. The van der Waals surface area contributed by atoms with E-state index >= 15 is 0 Å². The second kappa shape index (κ2) is 10.9. The highest BCUT2D eigenvalue weighted by molar-refractivity contribution is 7.07. The highest BCUT2D eigenvalue weighted by Crippen LogP contribution is 2.38. The predicted octanol–water partition coefficient (Wildman–Crippen LogP) is 2.83. The van der Waals surface area contributed by atoms with Gasteiger partial charge in [-0.1, -0.05) is 23.5 Å². The summed E-state index contributed by atoms with van der Waals surface area (Å²) in [4.78, 5) is 32.1. The summed E-state index contributed by atoms with van der Waals surface area (Å²) in [5.74, 6) is 1.54. The first-order valence-corrected chi connectivity index (χ1v) is 12.3. The van der Waals surface area contributed by atoms with Crippen molar-refractivity contribution in [3.63, 3.8) is 0 Å². The standard InChI is InChI=1S/C27H28N2O7S/c1-7-36-26(31)22-15(2)28-27-29(23(22)18-14-17(32-3)11-12-19(18)33-4)25(30)21(37-27)13-16-9-8-10-20(34-5)24(16)35-6/h8-14,23H,7H2,1-6H3. The van der Waals surface area contributed by atoms with Crippen LogP contribution in [0.1, 0.15) is 31.0 Å². The number of methoxy groups -OCH3 is 4. The Balaban J connectivity index is 2.03. The minimum atomic E-state index is -0.838. The van der Waals surface area contributed by atoms with Crippen LogP contribution in [0.2, 0.25) is 0 Å². The van der Waals surface area contributed by atoms with Crippen molar-refractivity contribution in [3.05, 3.63) is 78.5 Å². The van der Waals surface area contributed by atoms with E-state index < -0.39 is 12.0 Å². The summed E-state index contributed by atoms with van der Waals surface area (Å²) in [6, 6.07) is 9.83. The predicted molar refractivity (Wildman–Crippen MR) is 139 cm³/mol. The molecule has 0 saturated carbocycles. The average molecular weight is 525 g/mol. The van der Waals surface area contributed by atoms with Crippen molar-refractivity contribution in [1.82, 2.24) is 4.57 Å². The summed E-state index contributed by atoms with van der Waals surface area (Å²) in [6.07, 6.45) is 1.73. The molecule has 194 valence electrons. The number of aromatic nitrogens is 1. The molecule has 2 heterocycles. The van der Waals surface area contributed by atoms with Gasteiger partial charge in [0.1, 0.15) is 17.5 Å². The van der Waals surface area contributed by atoms with Crippen LogP contribution in [0.3, 0.4) is 0 Å². The molecule has 9 nitrogen and oxygen atoms in total. The maximum atomic E-state index is 13.9. The Morgan fingerprint density at radius 1 is 1.05 bits per heavy atom. The van der Waals surface area contributed by atoms with Gasteiger partial charge >= 0.3 is 5.97 Å². The Morgan fingerprint density at radius 3 is 2.46 bits per heavy atom. The number of benzene rings is 2. The number of thiazole rings is 1. The molecule has 1 aliphatic rings. The van der Waals surface area contributed by atoms with Crippen molar-refractivity contribution < 1.29 is 28.5 Å². The smallest absolute Gasteiger partial charge is 0.338 e. The van der Waals surface area contributed by atoms with Gasteiger partial charge in [-0.15, -0.1) is 0 Å². The van der Waals surface area contributed by atoms with Gasteiger partial charge in [-0.05, 0) is 44.2 Å². The molecule has 2 aromatic carbocycles. The van der Waals surface area contributed by atoms with Crippen molar-refractivity contribution >= 4 is 23.4 Å². The van der Waals surface area contributed by atoms with Gasteiger partial charge in [0.15, 0.2) is 16.3 Å². The van der Waals surface area contributed by atoms with Gasteiger partial charge in [-0.3, -0.25) is 9.36 Å². The molecule has 0 bridgehead atoms. The molecule has 10 heteroatoms. The molecule has 0 fully saturated rings. The minimum absolute atomic E-state index is 0.178. The zero-order valence-electron chi connectivity index (χ0n) is 21.5. The average Bonchev–Trinajstić information content (AvgIpc) is 3.21. The maximum absolute atomic E-state index is 13.9. The monoisotopic (exact) mass is 524 g/mol. The second-order valence-electron chi connectivity index (χ2n) is 7.99. The van der Waals surface area contributed by atoms with E-state index in [2.05, 4.69) is 4.99 Å². The highest BCUT2D eigenvalue weighted by Gasteiger charge is 2.35. The molecular weight excluding hydrogens is 496 g/mol. The number of hydrogen-bond acceptors (Lipinski definition) is 9. The number of carbonyl (C=O) groups excluding carboxylic acids is 1. The fraction of sp³-hybridized carbons (Fsp3) is 0.296. The zero-order chi connectivity index (χ0) is 26.7. The Bertz CT molecular complexity index is 1550. The molecule has 0 spiro atoms. The third kappa shape index (κ3) is 4.72. The van der Waals surface area contributed by atoms with Crippen molar-refractivity contribution in [2.45, 2.75) is 19.9 Å². The molecule has 0 saturated heterocycles. The van der Waals surface area contributed by atoms with Crippen LogP contribution in [0.25, 0.3) is 6.08 Å². The lowest BCUT2D eigenvalue weighted by Gasteiger charge is -2.26. The summed E-state index contributed by atoms with van der Waals surface area (Å²) in [5.41, 5.74) is 1.64. The molecule has 3 aromatic rings. The molecule has 1 aromatic heterocycles. The van der Waals surface area contributed by atoms with Crippen molar-refractivity contribution in [2.24, 2.45) is 4.99 Å². The lowest BCUT2D eigenvalue weighted by Crippen LogP contribution is -2.40. The molecule has 0 N–H and O–H groups in total. The molecule has 0 aliphatic carbocycles. The molecule has 0 amide bonds. The van der Waals surface area contributed by atoms with Crippen molar-refractivity contribution in [3.8, 4) is 23.0 Å². The van der Waals surface area contributed by atoms with Crippen LogP contribution in [-0.4, -0.2) is 45.6 Å². The lowest BCUT2D eigenvalue weighted by molar-refractivity contribution is -0.139. The van der Waals surface area contributed by atoms with Gasteiger partial charge < -0.3 is 23.7 Å². The number of rotatable bonds is 8. The Kier molecular flexibility index (Phi) is 7.68. The summed E-state index contributed by atoms with van der Waals surface area (Å²) in [5, 5.41) is 0. The Labute approximate surface area is 217 Å². The van der Waals surface area contributed by atoms with Gasteiger partial charge in [0.05, 0.1) is 50.8 Å². The van der Waals surface area contributed by atoms with E-state index in [0.717, 1.165) is 0 Å². The normalized spacial score (nSPS) is 15.1. The van der Waals surface area contributed by atoms with Crippen LogP contribution in [0, 0.1) is 0 Å². The number of nitrogens with zero attached hydrogens (tertiary/aromatic N) is 2. The first kappa shape index (κ1) is 26.0. The molecule has 0 radical (unpaired) electrons. The number of hydrogen-bond donors (Lipinski definition) is 0. The van der Waals surface area contributed by atoms with Gasteiger partial charge in [0, 0.05) is 11.1 Å². The van der Waals surface area contributed by atoms with Gasteiger partial charge in [0.2, 0.25) is 0 Å². The first-order valence-electron chi connectivity index (χ1n) is 11.5. The molecule has 1 unspecified atom stereocenters. The second-order valence-corrected chi connectivity index (χ2v) is 9.00. The zero-order valence-corrected chi connectivity index (χ0v) is 22.3. The van der Waals surface area contributed by atoms with Crippen LogP contribution in [0.4, 0.5) is 0 Å². The molecule has 1 atom stereocenters. The fourth-order valence-corrected chi connectivity index (χ4v) is 5.34. The SMILES string of the molecule is CCOC(=O)C1=C(C)N=c2sc(=Cc3cccc(OC)c3OC)c(=O)n2C1c1cc(OC)ccc1OC. The van der Waals surface area contributed by atoms with Crippen LogP contribution in [0.5, 0.6) is 23.0 Å². The van der Waals surface area contributed by atoms with Gasteiger partial charge in [-0.25, -0.2) is 9.79 Å². The van der Waals surface area contributed by atoms with Gasteiger partial charge in [-0.2, -0.15) is 0 Å². The molecular formula is C27H28N2O7S. The number of allylic oxidation sites excluding steroid dienone is 1. The van der Waals surface area contributed by atoms with E-state index in [1.54, 1.807) is 65.5 Å². The van der Waals surface area contributed by atoms with Crippen LogP contribution in [-0.2, 0) is 9.53 Å². The number of fused-ring (bicyclic) bond motifs is 1. The Morgan fingerprint density at radius 2 is 1.81 bits per heavy atom. The van der Waals surface area contributed by atoms with E-state index in [0.29, 0.717) is 49.2 Å². The number of carbonyl (C=O) groups is 1. The molecule has 4 rings (SSSR count). The third-order valence-corrected chi connectivity index (χ3v) is 6.95. The van der Waals surface area contributed by atoms with E-state index in [1.807, 2.05) is 12.1 Å². The number of esters is 1. The molecule has 1 aliphatic heterocycles. The number of para-hydroxylation sites is 1. The van der Waals surface area contributed by atoms with Gasteiger partial charge in [0.25, 0.3) is 5.56 Å².